The normalized spacial score (nSPS) is 15.2. The molecule has 1 amide bonds. The number of hydrogen-bond acceptors (Lipinski definition) is 4. The number of anilines is 1. The Hall–Kier alpha value is -2.30. The van der Waals surface area contributed by atoms with Crippen molar-refractivity contribution in [1.82, 2.24) is 4.31 Å². The smallest absolute Gasteiger partial charge is 0.422 e. The van der Waals surface area contributed by atoms with Gasteiger partial charge < -0.3 is 10.1 Å². The molecular formula is C19H18ClF3N2O4S. The highest BCUT2D eigenvalue weighted by Crippen LogP contribution is 2.29. The highest BCUT2D eigenvalue weighted by atomic mass is 35.5. The van der Waals surface area contributed by atoms with Crippen LogP contribution in [0.2, 0.25) is 5.02 Å². The fourth-order valence-electron chi connectivity index (χ4n) is 2.96. The minimum absolute atomic E-state index is 0.00145. The molecule has 1 aliphatic rings. The lowest BCUT2D eigenvalue weighted by molar-refractivity contribution is -0.153. The first kappa shape index (κ1) is 22.4. The number of sulfonamides is 1. The molecule has 1 N–H and O–H groups in total. The first-order chi connectivity index (χ1) is 14.1. The maximum Gasteiger partial charge on any atom is 0.422 e. The van der Waals surface area contributed by atoms with Crippen molar-refractivity contribution in [3.05, 3.63) is 53.1 Å². The minimum Gasteiger partial charge on any atom is -0.482 e. The van der Waals surface area contributed by atoms with Crippen LogP contribution in [-0.4, -0.2) is 44.5 Å². The first-order valence-corrected chi connectivity index (χ1v) is 10.8. The number of ether oxygens (including phenoxy) is 1. The molecule has 0 aliphatic carbocycles. The van der Waals surface area contributed by atoms with Crippen LogP contribution < -0.4 is 10.1 Å². The number of carbonyl (C=O) groups is 1. The van der Waals surface area contributed by atoms with Crippen LogP contribution in [0.5, 0.6) is 5.75 Å². The number of benzene rings is 2. The predicted molar refractivity (Wildman–Crippen MR) is 105 cm³/mol. The molecule has 3 rings (SSSR count). The van der Waals surface area contributed by atoms with Crippen molar-refractivity contribution in [2.75, 3.05) is 25.0 Å². The predicted octanol–water partition coefficient (Wildman–Crippen LogP) is 4.32. The molecule has 0 unspecified atom stereocenters. The first-order valence-electron chi connectivity index (χ1n) is 8.97. The van der Waals surface area contributed by atoms with E-state index in [-0.39, 0.29) is 26.9 Å². The number of rotatable bonds is 6. The standard InChI is InChI=1S/C19H18ClF3N2O4S/c20-15-8-7-13(30(27,28)25-9-3-4-10-25)11-14(15)18(26)24-16-5-1-2-6-17(16)29-12-19(21,22)23/h1-2,5-8,11H,3-4,9-10,12H2,(H,24,26). The van der Waals surface area contributed by atoms with E-state index in [1.165, 1.54) is 40.7 Å². The molecule has 2 aromatic carbocycles. The van der Waals surface area contributed by atoms with Gasteiger partial charge in [0.15, 0.2) is 6.61 Å². The molecule has 0 atom stereocenters. The average molecular weight is 463 g/mol. The summed E-state index contributed by atoms with van der Waals surface area (Å²) in [6.07, 6.45) is -3.03. The quantitative estimate of drug-likeness (QED) is 0.693. The summed E-state index contributed by atoms with van der Waals surface area (Å²) < 4.78 is 68.9. The van der Waals surface area contributed by atoms with Gasteiger partial charge >= 0.3 is 6.18 Å². The number of amides is 1. The van der Waals surface area contributed by atoms with Crippen molar-refractivity contribution in [3.63, 3.8) is 0 Å². The van der Waals surface area contributed by atoms with Gasteiger partial charge in [0.2, 0.25) is 10.0 Å². The fourth-order valence-corrected chi connectivity index (χ4v) is 4.71. The van der Waals surface area contributed by atoms with Crippen molar-refractivity contribution in [1.29, 1.82) is 0 Å². The van der Waals surface area contributed by atoms with E-state index in [1.54, 1.807) is 0 Å². The fraction of sp³-hybridized carbons (Fsp3) is 0.316. The molecular weight excluding hydrogens is 445 g/mol. The van der Waals surface area contributed by atoms with Crippen LogP contribution in [0.3, 0.4) is 0 Å². The Morgan fingerprint density at radius 3 is 2.47 bits per heavy atom. The van der Waals surface area contributed by atoms with Gasteiger partial charge in [-0.1, -0.05) is 23.7 Å². The number of hydrogen-bond donors (Lipinski definition) is 1. The van der Waals surface area contributed by atoms with Crippen molar-refractivity contribution < 1.29 is 31.1 Å². The number of halogens is 4. The third-order valence-corrected chi connectivity index (χ3v) is 6.64. The molecule has 0 aromatic heterocycles. The second kappa shape index (κ2) is 8.83. The monoisotopic (exact) mass is 462 g/mol. The SMILES string of the molecule is O=C(Nc1ccccc1OCC(F)(F)F)c1cc(S(=O)(=O)N2CCCC2)ccc1Cl. The van der Waals surface area contributed by atoms with Gasteiger partial charge in [0, 0.05) is 13.1 Å². The summed E-state index contributed by atoms with van der Waals surface area (Å²) >= 11 is 6.08. The summed E-state index contributed by atoms with van der Waals surface area (Å²) in [5.74, 6) is -0.957. The average Bonchev–Trinajstić information content (AvgIpc) is 3.22. The molecule has 1 fully saturated rings. The summed E-state index contributed by atoms with van der Waals surface area (Å²) in [5, 5.41) is 2.43. The van der Waals surface area contributed by atoms with Gasteiger partial charge in [-0.15, -0.1) is 0 Å². The van der Waals surface area contributed by atoms with E-state index in [0.29, 0.717) is 13.1 Å². The number of nitrogens with zero attached hydrogens (tertiary/aromatic N) is 1. The van der Waals surface area contributed by atoms with Crippen LogP contribution >= 0.6 is 11.6 Å². The van der Waals surface area contributed by atoms with Gasteiger partial charge in [-0.3, -0.25) is 4.79 Å². The highest BCUT2D eigenvalue weighted by molar-refractivity contribution is 7.89. The van der Waals surface area contributed by atoms with Crippen LogP contribution in [0.4, 0.5) is 18.9 Å². The summed E-state index contributed by atoms with van der Waals surface area (Å²) in [6, 6.07) is 9.37. The Morgan fingerprint density at radius 2 is 1.80 bits per heavy atom. The van der Waals surface area contributed by atoms with Crippen LogP contribution in [-0.2, 0) is 10.0 Å². The molecule has 1 heterocycles. The molecule has 2 aromatic rings. The van der Waals surface area contributed by atoms with Crippen LogP contribution in [0.1, 0.15) is 23.2 Å². The van der Waals surface area contributed by atoms with E-state index in [0.717, 1.165) is 18.9 Å². The Morgan fingerprint density at radius 1 is 1.13 bits per heavy atom. The van der Waals surface area contributed by atoms with Crippen molar-refractivity contribution >= 4 is 33.2 Å². The third kappa shape index (κ3) is 5.24. The van der Waals surface area contributed by atoms with Crippen molar-refractivity contribution in [2.45, 2.75) is 23.9 Å². The van der Waals surface area contributed by atoms with Gasteiger partial charge in [0.05, 0.1) is 21.2 Å². The Bertz CT molecular complexity index is 1040. The zero-order valence-corrected chi connectivity index (χ0v) is 17.1. The highest BCUT2D eigenvalue weighted by Gasteiger charge is 2.30. The third-order valence-electron chi connectivity index (χ3n) is 4.41. The number of alkyl halides is 3. The second-order valence-corrected chi connectivity index (χ2v) is 8.95. The van der Waals surface area contributed by atoms with Gasteiger partial charge in [-0.2, -0.15) is 17.5 Å². The van der Waals surface area contributed by atoms with Gasteiger partial charge in [-0.25, -0.2) is 8.42 Å². The van der Waals surface area contributed by atoms with E-state index in [9.17, 15) is 26.4 Å². The van der Waals surface area contributed by atoms with Crippen molar-refractivity contribution in [2.24, 2.45) is 0 Å². The maximum absolute atomic E-state index is 12.7. The molecule has 162 valence electrons. The molecule has 30 heavy (non-hydrogen) atoms. The van der Waals surface area contributed by atoms with E-state index in [2.05, 4.69) is 5.32 Å². The Balaban J connectivity index is 1.84. The summed E-state index contributed by atoms with van der Waals surface area (Å²) in [7, 11) is -3.77. The van der Waals surface area contributed by atoms with Gasteiger partial charge in [0.25, 0.3) is 5.91 Å². The minimum atomic E-state index is -4.54. The lowest BCUT2D eigenvalue weighted by atomic mass is 10.2. The van der Waals surface area contributed by atoms with Crippen molar-refractivity contribution in [3.8, 4) is 5.75 Å². The van der Waals surface area contributed by atoms with E-state index >= 15 is 0 Å². The van der Waals surface area contributed by atoms with Crippen LogP contribution in [0.15, 0.2) is 47.4 Å². The van der Waals surface area contributed by atoms with Gasteiger partial charge in [0.1, 0.15) is 5.75 Å². The molecule has 0 bridgehead atoms. The van der Waals surface area contributed by atoms with Crippen LogP contribution in [0.25, 0.3) is 0 Å². The Kier molecular flexibility index (Phi) is 6.59. The van der Waals surface area contributed by atoms with E-state index < -0.39 is 28.7 Å². The molecule has 6 nitrogen and oxygen atoms in total. The summed E-state index contributed by atoms with van der Waals surface area (Å²) in [4.78, 5) is 12.6. The molecule has 0 spiro atoms. The lowest BCUT2D eigenvalue weighted by Gasteiger charge is -2.17. The second-order valence-electron chi connectivity index (χ2n) is 6.61. The largest absolute Gasteiger partial charge is 0.482 e. The molecule has 0 radical (unpaired) electrons. The van der Waals surface area contributed by atoms with Crippen LogP contribution in [0, 0.1) is 0 Å². The molecule has 1 saturated heterocycles. The Labute approximate surface area is 176 Å². The van der Waals surface area contributed by atoms with E-state index in [4.69, 9.17) is 16.3 Å². The maximum atomic E-state index is 12.7. The number of nitrogens with one attached hydrogen (secondary N) is 1. The lowest BCUT2D eigenvalue weighted by Crippen LogP contribution is -2.28. The van der Waals surface area contributed by atoms with E-state index in [1.807, 2.05) is 0 Å². The molecule has 11 heteroatoms. The number of para-hydroxylation sites is 2. The molecule has 0 saturated carbocycles. The van der Waals surface area contributed by atoms with Gasteiger partial charge in [-0.05, 0) is 43.2 Å². The summed E-state index contributed by atoms with van der Waals surface area (Å²) in [5.41, 5.74) is -0.127. The topological polar surface area (TPSA) is 75.7 Å². The molecule has 1 aliphatic heterocycles. The summed E-state index contributed by atoms with van der Waals surface area (Å²) in [6.45, 7) is -0.725. The zero-order valence-electron chi connectivity index (χ0n) is 15.6. The zero-order chi connectivity index (χ0) is 21.9. The number of carbonyl (C=O) groups excluding carboxylic acids is 1.